The highest BCUT2D eigenvalue weighted by Gasteiger charge is 2.39. The fourth-order valence-electron chi connectivity index (χ4n) is 7.37. The van der Waals surface area contributed by atoms with Gasteiger partial charge in [0.1, 0.15) is 12.1 Å². The van der Waals surface area contributed by atoms with Crippen molar-refractivity contribution in [1.82, 2.24) is 0 Å². The molecule has 2 aromatic heterocycles. The Balaban J connectivity index is 1.43. The maximum atomic E-state index is 13.9. The Morgan fingerprint density at radius 2 is 0.724 bits per heavy atom. The third-order valence-electron chi connectivity index (χ3n) is 10.6. The van der Waals surface area contributed by atoms with E-state index in [-0.39, 0.29) is 57.1 Å². The molecular formula is C50H58N4O2S2. The highest BCUT2D eigenvalue weighted by molar-refractivity contribution is 7.22. The van der Waals surface area contributed by atoms with E-state index in [0.29, 0.717) is 0 Å². The van der Waals surface area contributed by atoms with Crippen molar-refractivity contribution >= 4 is 45.6 Å². The van der Waals surface area contributed by atoms with Gasteiger partial charge in [0.05, 0.1) is 11.4 Å². The summed E-state index contributed by atoms with van der Waals surface area (Å²) in [6.45, 7) is 25.3. The van der Waals surface area contributed by atoms with E-state index in [1.54, 1.807) is 22.7 Å². The minimum atomic E-state index is -0.338. The van der Waals surface area contributed by atoms with Crippen molar-refractivity contribution in [2.45, 2.75) is 95.2 Å². The molecule has 2 heterocycles. The van der Waals surface area contributed by atoms with Crippen molar-refractivity contribution in [2.24, 2.45) is 54.0 Å². The quantitative estimate of drug-likeness (QED) is 0.158. The molecule has 58 heavy (non-hydrogen) atoms. The fraction of sp³-hybridized carbons (Fsp3) is 0.400. The smallest absolute Gasteiger partial charge is 0.185 e. The lowest BCUT2D eigenvalue weighted by molar-refractivity contribution is -0.115. The van der Waals surface area contributed by atoms with Crippen LogP contribution in [-0.2, 0) is 9.59 Å². The van der Waals surface area contributed by atoms with Crippen LogP contribution in [0.1, 0.15) is 105 Å². The number of benzene rings is 2. The largest absolute Gasteiger partial charge is 0.289 e. The predicted octanol–water partition coefficient (Wildman–Crippen LogP) is 15.4. The molecule has 2 aliphatic carbocycles. The molecule has 0 saturated carbocycles. The Bertz CT molecular complexity index is 2090. The molecule has 2 aliphatic rings. The van der Waals surface area contributed by atoms with E-state index in [2.05, 4.69) is 132 Å². The molecule has 0 amide bonds. The van der Waals surface area contributed by atoms with Crippen molar-refractivity contribution < 1.29 is 9.59 Å². The molecule has 302 valence electrons. The monoisotopic (exact) mass is 810 g/mol. The second-order valence-corrected chi connectivity index (χ2v) is 21.8. The van der Waals surface area contributed by atoms with Gasteiger partial charge in [-0.25, -0.2) is 0 Å². The first kappa shape index (κ1) is 42.9. The number of rotatable bonds is 9. The van der Waals surface area contributed by atoms with Gasteiger partial charge in [-0.1, -0.05) is 144 Å². The van der Waals surface area contributed by atoms with Crippen LogP contribution in [0.15, 0.2) is 152 Å². The van der Waals surface area contributed by atoms with Gasteiger partial charge < -0.3 is 0 Å². The van der Waals surface area contributed by atoms with Crippen LogP contribution in [0.2, 0.25) is 0 Å². The molecule has 8 heteroatoms. The van der Waals surface area contributed by atoms with E-state index in [4.69, 9.17) is 20.5 Å². The first-order valence-electron chi connectivity index (χ1n) is 20.2. The van der Waals surface area contributed by atoms with Crippen LogP contribution in [0.4, 0.5) is 11.4 Å². The van der Waals surface area contributed by atoms with Gasteiger partial charge in [-0.05, 0) is 70.2 Å². The summed E-state index contributed by atoms with van der Waals surface area (Å²) in [7, 11) is 0. The summed E-state index contributed by atoms with van der Waals surface area (Å²) >= 11 is 3.42. The molecule has 2 unspecified atom stereocenters. The highest BCUT2D eigenvalue weighted by atomic mass is 32.1. The summed E-state index contributed by atoms with van der Waals surface area (Å²) in [5.74, 6) is -0.0989. The Labute approximate surface area is 353 Å². The molecular weight excluding hydrogens is 753 g/mol. The Morgan fingerprint density at radius 1 is 0.431 bits per heavy atom. The maximum absolute atomic E-state index is 13.9. The molecule has 0 spiro atoms. The van der Waals surface area contributed by atoms with Crippen LogP contribution in [-0.4, -0.2) is 11.6 Å². The first-order chi connectivity index (χ1) is 27.1. The molecule has 2 aromatic carbocycles. The van der Waals surface area contributed by atoms with E-state index in [9.17, 15) is 9.59 Å². The van der Waals surface area contributed by atoms with Gasteiger partial charge in [-0.3, -0.25) is 9.59 Å². The SMILES string of the molecule is CC(C)(C)C1=CC(C(/N=N/c2ccccc2)c2ccc(-c3ccc(C(/N=N/c4ccccc4)C4C=C(C(C)(C)C)C(=O)C(C(C)(C)C)=C4)s3)s2)C=C(C(C)(C)C)C1=O. The van der Waals surface area contributed by atoms with E-state index in [0.717, 1.165) is 53.2 Å². The zero-order valence-electron chi connectivity index (χ0n) is 36.1. The summed E-state index contributed by atoms with van der Waals surface area (Å²) in [6.07, 6.45) is 8.52. The van der Waals surface area contributed by atoms with Crippen LogP contribution >= 0.6 is 22.7 Å². The van der Waals surface area contributed by atoms with Crippen LogP contribution in [0.5, 0.6) is 0 Å². The Hall–Kier alpha value is -4.66. The van der Waals surface area contributed by atoms with Gasteiger partial charge >= 0.3 is 0 Å². The second-order valence-electron chi connectivity index (χ2n) is 19.5. The van der Waals surface area contributed by atoms with Crippen LogP contribution in [0.3, 0.4) is 0 Å². The zero-order chi connectivity index (χ0) is 42.2. The van der Waals surface area contributed by atoms with Crippen molar-refractivity contribution in [3.63, 3.8) is 0 Å². The number of nitrogens with zero attached hydrogens (tertiary/aromatic N) is 4. The van der Waals surface area contributed by atoms with Gasteiger partial charge in [0, 0.05) is 53.6 Å². The minimum Gasteiger partial charge on any atom is -0.289 e. The van der Waals surface area contributed by atoms with E-state index >= 15 is 0 Å². The molecule has 0 aliphatic heterocycles. The molecule has 2 atom stereocenters. The standard InChI is InChI=1S/C50H58N4O2S2/c1-47(2,3)35-27-31(28-36(45(35)55)48(4,5)6)43(53-51-33-19-15-13-16-20-33)41-25-23-39(57-41)40-24-26-42(58-40)44(54-52-34-21-17-14-18-22-34)32-29-37(49(7,8)9)46(56)38(30-32)50(10,11)12/h13-32,43-44H,1-12H3/b53-51+,54-52+. The van der Waals surface area contributed by atoms with Gasteiger partial charge in [-0.15, -0.1) is 22.7 Å². The predicted molar refractivity (Wildman–Crippen MR) is 242 cm³/mol. The molecule has 0 saturated heterocycles. The molecule has 6 nitrogen and oxygen atoms in total. The lowest BCUT2D eigenvalue weighted by Gasteiger charge is -2.34. The Kier molecular flexibility index (Phi) is 12.2. The third-order valence-corrected chi connectivity index (χ3v) is 13.1. The average molecular weight is 811 g/mol. The molecule has 6 rings (SSSR count). The number of carbonyl (C=O) groups excluding carboxylic acids is 2. The number of carbonyl (C=O) groups is 2. The topological polar surface area (TPSA) is 83.6 Å². The minimum absolute atomic E-state index is 0.114. The van der Waals surface area contributed by atoms with Gasteiger partial charge in [0.2, 0.25) is 0 Å². The normalized spacial score (nSPS) is 17.7. The lowest BCUT2D eigenvalue weighted by atomic mass is 9.70. The highest BCUT2D eigenvalue weighted by Crippen LogP contribution is 2.48. The number of azo groups is 2. The van der Waals surface area contributed by atoms with Crippen molar-refractivity contribution in [3.05, 3.63) is 141 Å². The molecule has 0 N–H and O–H groups in total. The van der Waals surface area contributed by atoms with Crippen molar-refractivity contribution in [1.29, 1.82) is 0 Å². The Morgan fingerprint density at radius 3 is 1.00 bits per heavy atom. The summed E-state index contributed by atoms with van der Waals surface area (Å²) in [4.78, 5) is 32.2. The zero-order valence-corrected chi connectivity index (χ0v) is 37.8. The number of allylic oxidation sites excluding steroid dienone is 4. The van der Waals surface area contributed by atoms with Crippen LogP contribution in [0.25, 0.3) is 9.75 Å². The molecule has 0 radical (unpaired) electrons. The number of hydrogen-bond acceptors (Lipinski definition) is 8. The van der Waals surface area contributed by atoms with Crippen molar-refractivity contribution in [3.8, 4) is 9.75 Å². The number of ketones is 2. The molecule has 4 aromatic rings. The maximum Gasteiger partial charge on any atom is 0.185 e. The second kappa shape index (κ2) is 16.5. The van der Waals surface area contributed by atoms with E-state index < -0.39 is 0 Å². The number of hydrogen-bond donors (Lipinski definition) is 0. The molecule has 0 bridgehead atoms. The summed E-state index contributed by atoms with van der Waals surface area (Å²) in [5.41, 5.74) is 3.50. The number of thiophene rings is 2. The lowest BCUT2D eigenvalue weighted by Crippen LogP contribution is -2.30. The number of Topliss-reactive ketones (excluding diaryl/α,β-unsaturated/α-hetero) is 2. The average Bonchev–Trinajstić information content (AvgIpc) is 3.83. The van der Waals surface area contributed by atoms with E-state index in [1.165, 1.54) is 0 Å². The van der Waals surface area contributed by atoms with Gasteiger partial charge in [-0.2, -0.15) is 20.5 Å². The third kappa shape index (κ3) is 9.78. The van der Waals surface area contributed by atoms with Crippen LogP contribution in [0, 0.1) is 33.5 Å². The molecule has 0 fully saturated rings. The van der Waals surface area contributed by atoms with E-state index in [1.807, 2.05) is 60.7 Å². The van der Waals surface area contributed by atoms with Gasteiger partial charge in [0.25, 0.3) is 0 Å². The van der Waals surface area contributed by atoms with Crippen molar-refractivity contribution in [2.75, 3.05) is 0 Å². The van der Waals surface area contributed by atoms with Crippen LogP contribution < -0.4 is 0 Å². The first-order valence-corrected chi connectivity index (χ1v) is 21.8. The summed E-state index contributed by atoms with van der Waals surface area (Å²) < 4.78 is 0. The van der Waals surface area contributed by atoms with Gasteiger partial charge in [0.15, 0.2) is 11.6 Å². The summed E-state index contributed by atoms with van der Waals surface area (Å²) in [5, 5.41) is 19.5. The fourth-order valence-corrected chi connectivity index (χ4v) is 9.66. The summed E-state index contributed by atoms with van der Waals surface area (Å²) in [6, 6.07) is 27.6.